The maximum atomic E-state index is 12.2. The van der Waals surface area contributed by atoms with E-state index in [4.69, 9.17) is 5.73 Å². The monoisotopic (exact) mass is 183 g/mol. The van der Waals surface area contributed by atoms with Gasteiger partial charge in [0.2, 0.25) is 0 Å². The van der Waals surface area contributed by atoms with Gasteiger partial charge in [0.05, 0.1) is 0 Å². The topological polar surface area (TPSA) is 46.2 Å². The lowest BCUT2D eigenvalue weighted by Gasteiger charge is -2.36. The first-order valence-corrected chi connectivity index (χ1v) is 3.90. The number of alkyl halides is 3. The molecule has 3 N–H and O–H groups in total. The van der Waals surface area contributed by atoms with Crippen LogP contribution in [0.5, 0.6) is 0 Å². The molecule has 0 saturated heterocycles. The molecule has 2 atom stereocenters. The van der Waals surface area contributed by atoms with Crippen molar-refractivity contribution in [3.05, 3.63) is 0 Å². The van der Waals surface area contributed by atoms with Gasteiger partial charge < -0.3 is 10.8 Å². The quantitative estimate of drug-likeness (QED) is 0.592. The SMILES string of the molecule is N[C@@H]1CCC[C@@](O)(C(F)(F)F)C1. The molecule has 72 valence electrons. The maximum Gasteiger partial charge on any atom is 0.417 e. The van der Waals surface area contributed by atoms with Crippen LogP contribution in [0.4, 0.5) is 13.2 Å². The first-order chi connectivity index (χ1) is 5.35. The molecule has 1 fully saturated rings. The summed E-state index contributed by atoms with van der Waals surface area (Å²) in [7, 11) is 0. The van der Waals surface area contributed by atoms with Gasteiger partial charge in [0, 0.05) is 12.5 Å². The van der Waals surface area contributed by atoms with Crippen LogP contribution in [0.2, 0.25) is 0 Å². The molecule has 0 radical (unpaired) electrons. The van der Waals surface area contributed by atoms with Gasteiger partial charge in [-0.2, -0.15) is 13.2 Å². The van der Waals surface area contributed by atoms with Crippen molar-refractivity contribution < 1.29 is 18.3 Å². The second kappa shape index (κ2) is 2.88. The summed E-state index contributed by atoms with van der Waals surface area (Å²) < 4.78 is 36.6. The Labute approximate surface area is 68.6 Å². The van der Waals surface area contributed by atoms with Gasteiger partial charge >= 0.3 is 6.18 Å². The Kier molecular flexibility index (Phi) is 2.35. The molecule has 0 amide bonds. The fraction of sp³-hybridized carbons (Fsp3) is 1.00. The molecule has 5 heteroatoms. The highest BCUT2D eigenvalue weighted by Crippen LogP contribution is 2.40. The summed E-state index contributed by atoms with van der Waals surface area (Å²) in [6, 6.07) is -0.523. The molecule has 1 rings (SSSR count). The molecule has 1 aliphatic carbocycles. The van der Waals surface area contributed by atoms with Crippen LogP contribution in [0, 0.1) is 0 Å². The van der Waals surface area contributed by atoms with Gasteiger partial charge in [-0.1, -0.05) is 0 Å². The van der Waals surface area contributed by atoms with Crippen molar-refractivity contribution in [2.24, 2.45) is 5.73 Å². The van der Waals surface area contributed by atoms with E-state index in [0.29, 0.717) is 12.8 Å². The number of hydrogen-bond donors (Lipinski definition) is 2. The molecule has 1 saturated carbocycles. The largest absolute Gasteiger partial charge is 0.417 e. The molecule has 0 aromatic carbocycles. The smallest absolute Gasteiger partial charge is 0.380 e. The van der Waals surface area contributed by atoms with Crippen LogP contribution in [0.15, 0.2) is 0 Å². The fourth-order valence-electron chi connectivity index (χ4n) is 1.55. The van der Waals surface area contributed by atoms with Crippen LogP contribution in [-0.2, 0) is 0 Å². The van der Waals surface area contributed by atoms with Crippen LogP contribution in [-0.4, -0.2) is 22.9 Å². The summed E-state index contributed by atoms with van der Waals surface area (Å²) in [5, 5.41) is 9.17. The van der Waals surface area contributed by atoms with Gasteiger partial charge in [-0.25, -0.2) is 0 Å². The Morgan fingerprint density at radius 2 is 2.00 bits per heavy atom. The summed E-state index contributed by atoms with van der Waals surface area (Å²) in [6.07, 6.45) is -4.21. The van der Waals surface area contributed by atoms with E-state index >= 15 is 0 Å². The Bertz CT molecular complexity index is 171. The Morgan fingerprint density at radius 3 is 2.33 bits per heavy atom. The zero-order chi connectivity index (χ0) is 9.41. The van der Waals surface area contributed by atoms with E-state index in [1.54, 1.807) is 0 Å². The zero-order valence-electron chi connectivity index (χ0n) is 6.56. The summed E-state index contributed by atoms with van der Waals surface area (Å²) in [4.78, 5) is 0. The molecule has 2 nitrogen and oxygen atoms in total. The lowest BCUT2D eigenvalue weighted by molar-refractivity contribution is -0.270. The molecule has 0 aromatic rings. The third-order valence-corrected chi connectivity index (χ3v) is 2.29. The zero-order valence-corrected chi connectivity index (χ0v) is 6.56. The second-order valence-electron chi connectivity index (χ2n) is 3.39. The van der Waals surface area contributed by atoms with Crippen molar-refractivity contribution in [1.82, 2.24) is 0 Å². The van der Waals surface area contributed by atoms with E-state index in [0.717, 1.165) is 0 Å². The first kappa shape index (κ1) is 9.80. The van der Waals surface area contributed by atoms with E-state index in [1.165, 1.54) is 0 Å². The van der Waals surface area contributed by atoms with E-state index in [1.807, 2.05) is 0 Å². The molecule has 0 bridgehead atoms. The van der Waals surface area contributed by atoms with Crippen molar-refractivity contribution in [2.45, 2.75) is 43.5 Å². The molecule has 0 unspecified atom stereocenters. The highest BCUT2D eigenvalue weighted by atomic mass is 19.4. The van der Waals surface area contributed by atoms with Crippen molar-refractivity contribution in [2.75, 3.05) is 0 Å². The molecule has 1 aliphatic rings. The second-order valence-corrected chi connectivity index (χ2v) is 3.39. The highest BCUT2D eigenvalue weighted by molar-refractivity contribution is 4.93. The van der Waals surface area contributed by atoms with Crippen LogP contribution in [0.25, 0.3) is 0 Å². The normalized spacial score (nSPS) is 38.2. The number of nitrogens with two attached hydrogens (primary N) is 1. The Hall–Kier alpha value is -0.290. The average molecular weight is 183 g/mol. The minimum absolute atomic E-state index is 0.218. The molecular weight excluding hydrogens is 171 g/mol. The van der Waals surface area contributed by atoms with Crippen LogP contribution in [0.3, 0.4) is 0 Å². The fourth-order valence-corrected chi connectivity index (χ4v) is 1.55. The van der Waals surface area contributed by atoms with Crippen LogP contribution < -0.4 is 5.73 Å². The van der Waals surface area contributed by atoms with Gasteiger partial charge in [0.1, 0.15) is 0 Å². The van der Waals surface area contributed by atoms with Gasteiger partial charge in [0.15, 0.2) is 5.60 Å². The third-order valence-electron chi connectivity index (χ3n) is 2.29. The van der Waals surface area contributed by atoms with Gasteiger partial charge in [-0.15, -0.1) is 0 Å². The minimum Gasteiger partial charge on any atom is -0.380 e. The Morgan fingerprint density at radius 1 is 1.42 bits per heavy atom. The van der Waals surface area contributed by atoms with Gasteiger partial charge in [-0.3, -0.25) is 0 Å². The van der Waals surface area contributed by atoms with E-state index in [2.05, 4.69) is 0 Å². The van der Waals surface area contributed by atoms with Gasteiger partial charge in [0.25, 0.3) is 0 Å². The lowest BCUT2D eigenvalue weighted by Crippen LogP contribution is -2.51. The van der Waals surface area contributed by atoms with Crippen LogP contribution >= 0.6 is 0 Å². The summed E-state index contributed by atoms with van der Waals surface area (Å²) >= 11 is 0. The molecule has 12 heavy (non-hydrogen) atoms. The van der Waals surface area contributed by atoms with E-state index < -0.39 is 17.8 Å². The predicted molar refractivity (Wildman–Crippen MR) is 37.4 cm³/mol. The van der Waals surface area contributed by atoms with Crippen molar-refractivity contribution in [3.8, 4) is 0 Å². The van der Waals surface area contributed by atoms with Crippen molar-refractivity contribution >= 4 is 0 Å². The summed E-state index contributed by atoms with van der Waals surface area (Å²) in [5.74, 6) is 0. The third kappa shape index (κ3) is 1.72. The number of rotatable bonds is 0. The van der Waals surface area contributed by atoms with Crippen molar-refractivity contribution in [3.63, 3.8) is 0 Å². The standard InChI is InChI=1S/C7H12F3NO/c8-7(9,10)6(12)3-1-2-5(11)4-6/h5,12H,1-4,11H2/t5-,6+/m1/s1. The number of hydrogen-bond acceptors (Lipinski definition) is 2. The summed E-state index contributed by atoms with van der Waals surface area (Å²) in [5.41, 5.74) is 2.81. The average Bonchev–Trinajstić information content (AvgIpc) is 1.83. The number of aliphatic hydroxyl groups is 1. The van der Waals surface area contributed by atoms with Crippen molar-refractivity contribution in [1.29, 1.82) is 0 Å². The van der Waals surface area contributed by atoms with Crippen LogP contribution in [0.1, 0.15) is 25.7 Å². The Balaban J connectivity index is 2.70. The molecule has 0 aliphatic heterocycles. The molecule has 0 spiro atoms. The lowest BCUT2D eigenvalue weighted by atomic mass is 9.82. The molecule has 0 heterocycles. The molecular formula is C7H12F3NO. The highest BCUT2D eigenvalue weighted by Gasteiger charge is 2.54. The minimum atomic E-state index is -4.54. The van der Waals surface area contributed by atoms with E-state index in [9.17, 15) is 18.3 Å². The maximum absolute atomic E-state index is 12.2. The number of halogens is 3. The van der Waals surface area contributed by atoms with Gasteiger partial charge in [-0.05, 0) is 19.3 Å². The molecule has 0 aromatic heterocycles. The van der Waals surface area contributed by atoms with E-state index in [-0.39, 0.29) is 12.8 Å². The summed E-state index contributed by atoms with van der Waals surface area (Å²) in [6.45, 7) is 0. The first-order valence-electron chi connectivity index (χ1n) is 3.90. The predicted octanol–water partition coefficient (Wildman–Crippen LogP) is 1.18.